The van der Waals surface area contributed by atoms with Crippen molar-refractivity contribution in [1.82, 2.24) is 14.8 Å². The van der Waals surface area contributed by atoms with Crippen molar-refractivity contribution in [3.63, 3.8) is 0 Å². The van der Waals surface area contributed by atoms with Crippen molar-refractivity contribution >= 4 is 17.2 Å². The first-order valence-corrected chi connectivity index (χ1v) is 6.58. The molecule has 0 aromatic rings. The Morgan fingerprint density at radius 3 is 2.62 bits per heavy atom. The summed E-state index contributed by atoms with van der Waals surface area (Å²) in [6.45, 7) is 5.15. The molecule has 92 valence electrons. The lowest BCUT2D eigenvalue weighted by Gasteiger charge is -2.30. The maximum atomic E-state index is 5.83. The second kappa shape index (κ2) is 5.40. The van der Waals surface area contributed by atoms with Crippen LogP contribution < -0.4 is 5.84 Å². The van der Waals surface area contributed by atoms with E-state index >= 15 is 0 Å². The molecule has 2 fully saturated rings. The van der Waals surface area contributed by atoms with Crippen molar-refractivity contribution in [3.05, 3.63) is 0 Å². The summed E-state index contributed by atoms with van der Waals surface area (Å²) in [7, 11) is 2.18. The van der Waals surface area contributed by atoms with E-state index in [0.29, 0.717) is 6.04 Å². The van der Waals surface area contributed by atoms with Gasteiger partial charge < -0.3 is 4.90 Å². The average molecular weight is 242 g/mol. The highest BCUT2D eigenvalue weighted by molar-refractivity contribution is 7.80. The lowest BCUT2D eigenvalue weighted by atomic mass is 10.2. The number of likely N-dealkylation sites (tertiary alicyclic amines) is 1. The van der Waals surface area contributed by atoms with Gasteiger partial charge in [-0.2, -0.15) is 0 Å². The van der Waals surface area contributed by atoms with Gasteiger partial charge in [0.2, 0.25) is 0 Å². The van der Waals surface area contributed by atoms with Crippen LogP contribution in [-0.2, 0) is 0 Å². The van der Waals surface area contributed by atoms with Crippen LogP contribution in [-0.4, -0.2) is 65.6 Å². The average Bonchev–Trinajstić information content (AvgIpc) is 2.56. The molecule has 0 aliphatic carbocycles. The zero-order valence-electron chi connectivity index (χ0n) is 10.1. The largest absolute Gasteiger partial charge is 0.363 e. The summed E-state index contributed by atoms with van der Waals surface area (Å²) in [6.07, 6.45) is 3.61. The summed E-state index contributed by atoms with van der Waals surface area (Å²) in [6, 6.07) is 0.485. The first-order chi connectivity index (χ1) is 7.68. The number of hydrazine groups is 1. The molecule has 1 atom stereocenters. The molecular weight excluding hydrogens is 220 g/mol. The van der Waals surface area contributed by atoms with Crippen LogP contribution in [0.4, 0.5) is 0 Å². The van der Waals surface area contributed by atoms with Crippen molar-refractivity contribution in [2.45, 2.75) is 25.3 Å². The molecule has 2 heterocycles. The number of rotatable bonds is 1. The maximum absolute atomic E-state index is 5.83. The summed E-state index contributed by atoms with van der Waals surface area (Å²) in [5.41, 5.74) is 0. The zero-order chi connectivity index (χ0) is 11.5. The molecule has 16 heavy (non-hydrogen) atoms. The number of hydrogen-bond donors (Lipinski definition) is 1. The van der Waals surface area contributed by atoms with Gasteiger partial charge in [0.1, 0.15) is 0 Å². The predicted octanol–water partition coefficient (Wildman–Crippen LogP) is 0.289. The van der Waals surface area contributed by atoms with Gasteiger partial charge >= 0.3 is 0 Å². The van der Waals surface area contributed by atoms with Crippen molar-refractivity contribution < 1.29 is 0 Å². The van der Waals surface area contributed by atoms with Crippen LogP contribution in [0.25, 0.3) is 0 Å². The standard InChI is InChI=1S/C11H22N4S/c1-13-5-2-4-10(13)11(16)14-6-3-7-15(12)9-8-14/h10H,2-9,12H2,1H3/t10-/m0/s1. The van der Waals surface area contributed by atoms with Gasteiger partial charge in [-0.3, -0.25) is 10.7 Å². The molecule has 0 spiro atoms. The van der Waals surface area contributed by atoms with Crippen molar-refractivity contribution in [3.8, 4) is 0 Å². The summed E-state index contributed by atoms with van der Waals surface area (Å²) >= 11 is 5.63. The van der Waals surface area contributed by atoms with Crippen LogP contribution in [0, 0.1) is 0 Å². The van der Waals surface area contributed by atoms with Crippen LogP contribution in [0.5, 0.6) is 0 Å². The first kappa shape index (κ1) is 12.2. The second-order valence-electron chi connectivity index (χ2n) is 4.85. The Kier molecular flexibility index (Phi) is 4.13. The third kappa shape index (κ3) is 2.71. The lowest BCUT2D eigenvalue weighted by molar-refractivity contribution is 0.292. The fraction of sp³-hybridized carbons (Fsp3) is 0.909. The predicted molar refractivity (Wildman–Crippen MR) is 70.2 cm³/mol. The van der Waals surface area contributed by atoms with Gasteiger partial charge in [0.05, 0.1) is 11.0 Å². The molecular formula is C11H22N4S. The normalized spacial score (nSPS) is 29.4. The van der Waals surface area contributed by atoms with Gasteiger partial charge in [0.15, 0.2) is 0 Å². The Hall–Kier alpha value is -0.230. The molecule has 0 aromatic carbocycles. The minimum absolute atomic E-state index is 0.485. The molecule has 0 aromatic heterocycles. The van der Waals surface area contributed by atoms with Crippen molar-refractivity contribution in [2.24, 2.45) is 5.84 Å². The Balaban J connectivity index is 1.93. The van der Waals surface area contributed by atoms with E-state index < -0.39 is 0 Å². The van der Waals surface area contributed by atoms with E-state index in [0.717, 1.165) is 37.6 Å². The Morgan fingerprint density at radius 1 is 1.12 bits per heavy atom. The molecule has 0 unspecified atom stereocenters. The van der Waals surface area contributed by atoms with Crippen LogP contribution in [0.1, 0.15) is 19.3 Å². The maximum Gasteiger partial charge on any atom is 0.0954 e. The number of likely N-dealkylation sites (N-methyl/N-ethyl adjacent to an activating group) is 1. The van der Waals surface area contributed by atoms with E-state index in [1.54, 1.807) is 0 Å². The highest BCUT2D eigenvalue weighted by Gasteiger charge is 2.28. The van der Waals surface area contributed by atoms with Crippen molar-refractivity contribution in [2.75, 3.05) is 39.8 Å². The van der Waals surface area contributed by atoms with Gasteiger partial charge in [-0.1, -0.05) is 12.2 Å². The number of thiocarbonyl (C=S) groups is 1. The molecule has 2 aliphatic heterocycles. The molecule has 2 rings (SSSR count). The van der Waals surface area contributed by atoms with Gasteiger partial charge in [0, 0.05) is 26.2 Å². The molecule has 0 bridgehead atoms. The smallest absolute Gasteiger partial charge is 0.0954 e. The van der Waals surface area contributed by atoms with E-state index in [4.69, 9.17) is 18.1 Å². The summed E-state index contributed by atoms with van der Waals surface area (Å²) < 4.78 is 0. The summed E-state index contributed by atoms with van der Waals surface area (Å²) in [4.78, 5) is 5.87. The van der Waals surface area contributed by atoms with Crippen LogP contribution in [0.2, 0.25) is 0 Å². The highest BCUT2D eigenvalue weighted by atomic mass is 32.1. The topological polar surface area (TPSA) is 35.7 Å². The van der Waals surface area contributed by atoms with Crippen LogP contribution in [0.15, 0.2) is 0 Å². The summed E-state index contributed by atoms with van der Waals surface area (Å²) in [5.74, 6) is 5.83. The molecule has 0 saturated carbocycles. The molecule has 2 saturated heterocycles. The van der Waals surface area contributed by atoms with E-state index in [2.05, 4.69) is 16.8 Å². The van der Waals surface area contributed by atoms with Gasteiger partial charge in [-0.15, -0.1) is 0 Å². The van der Waals surface area contributed by atoms with Gasteiger partial charge in [-0.05, 0) is 32.9 Å². The van der Waals surface area contributed by atoms with E-state index in [-0.39, 0.29) is 0 Å². The minimum Gasteiger partial charge on any atom is -0.363 e. The SMILES string of the molecule is CN1CCC[C@H]1C(=S)N1CCCN(N)CC1. The summed E-state index contributed by atoms with van der Waals surface area (Å²) in [5, 5.41) is 1.90. The molecule has 5 heteroatoms. The van der Waals surface area contributed by atoms with Crippen molar-refractivity contribution in [1.29, 1.82) is 0 Å². The quantitative estimate of drug-likeness (QED) is 0.528. The molecule has 2 N–H and O–H groups in total. The highest BCUT2D eigenvalue weighted by Crippen LogP contribution is 2.19. The number of nitrogens with two attached hydrogens (primary N) is 1. The van der Waals surface area contributed by atoms with E-state index in [1.165, 1.54) is 19.4 Å². The molecule has 2 aliphatic rings. The lowest BCUT2D eigenvalue weighted by Crippen LogP contribution is -2.45. The Bertz CT molecular complexity index is 258. The fourth-order valence-electron chi connectivity index (χ4n) is 2.59. The first-order valence-electron chi connectivity index (χ1n) is 6.17. The minimum atomic E-state index is 0.485. The fourth-order valence-corrected chi connectivity index (χ4v) is 3.07. The third-order valence-electron chi connectivity index (χ3n) is 3.65. The van der Waals surface area contributed by atoms with Crippen LogP contribution in [0.3, 0.4) is 0 Å². The van der Waals surface area contributed by atoms with E-state index in [9.17, 15) is 0 Å². The molecule has 0 radical (unpaired) electrons. The van der Waals surface area contributed by atoms with Gasteiger partial charge in [-0.25, -0.2) is 5.01 Å². The number of nitrogens with zero attached hydrogens (tertiary/aromatic N) is 3. The zero-order valence-corrected chi connectivity index (χ0v) is 10.9. The number of hydrogen-bond acceptors (Lipinski definition) is 4. The van der Waals surface area contributed by atoms with Gasteiger partial charge in [0.25, 0.3) is 0 Å². The molecule has 0 amide bonds. The Labute approximate surface area is 103 Å². The molecule has 4 nitrogen and oxygen atoms in total. The van der Waals surface area contributed by atoms with E-state index in [1.807, 2.05) is 5.01 Å². The van der Waals surface area contributed by atoms with Crippen LogP contribution >= 0.6 is 12.2 Å². The second-order valence-corrected chi connectivity index (χ2v) is 5.27. The monoisotopic (exact) mass is 242 g/mol. The Morgan fingerprint density at radius 2 is 1.94 bits per heavy atom. The third-order valence-corrected chi connectivity index (χ3v) is 4.18.